The van der Waals surface area contributed by atoms with Crippen LogP contribution in [-0.4, -0.2) is 22.6 Å². The van der Waals surface area contributed by atoms with Crippen LogP contribution in [0.25, 0.3) is 0 Å². The topological polar surface area (TPSA) is 63.5 Å². The van der Waals surface area contributed by atoms with Gasteiger partial charge >= 0.3 is 0 Å². The van der Waals surface area contributed by atoms with Crippen molar-refractivity contribution >= 4 is 41.5 Å². The van der Waals surface area contributed by atoms with Crippen molar-refractivity contribution in [1.82, 2.24) is 0 Å². The Morgan fingerprint density at radius 1 is 1.53 bits per heavy atom. The summed E-state index contributed by atoms with van der Waals surface area (Å²) in [7, 11) is 0. The molecule has 0 N–H and O–H groups in total. The first-order valence-corrected chi connectivity index (χ1v) is 5.81. The van der Waals surface area contributed by atoms with Gasteiger partial charge in [0.1, 0.15) is 5.02 Å². The molecule has 90 valence electrons. The molecule has 7 heteroatoms. The summed E-state index contributed by atoms with van der Waals surface area (Å²) in [6, 6.07) is 4.26. The summed E-state index contributed by atoms with van der Waals surface area (Å²) < 4.78 is 0. The number of nitro groups is 1. The van der Waals surface area contributed by atoms with Gasteiger partial charge in [-0.05, 0) is 12.1 Å². The maximum Gasteiger partial charge on any atom is 0.288 e. The van der Waals surface area contributed by atoms with E-state index in [9.17, 15) is 14.9 Å². The standard InChI is InChI=1S/C10H9ClN2O3S/c11-8-3-6(1-2-9(8)13(15)16)12-5-7(17)4-10(12)14/h1-3,7,17H,4-5H2. The van der Waals surface area contributed by atoms with Gasteiger partial charge < -0.3 is 4.90 Å². The number of hydrogen-bond acceptors (Lipinski definition) is 4. The van der Waals surface area contributed by atoms with Crippen molar-refractivity contribution in [2.24, 2.45) is 0 Å². The van der Waals surface area contributed by atoms with Crippen molar-refractivity contribution in [3.8, 4) is 0 Å². The molecule has 1 fully saturated rings. The highest BCUT2D eigenvalue weighted by Gasteiger charge is 2.29. The van der Waals surface area contributed by atoms with Crippen LogP contribution < -0.4 is 4.90 Å². The Bertz CT molecular complexity index is 494. The maximum atomic E-state index is 11.6. The SMILES string of the molecule is O=C1CC(S)CN1c1ccc([N+](=O)[O-])c(Cl)c1. The number of hydrogen-bond donors (Lipinski definition) is 1. The minimum absolute atomic E-state index is 0.00327. The zero-order valence-electron chi connectivity index (χ0n) is 8.67. The Labute approximate surface area is 108 Å². The average molecular weight is 273 g/mol. The molecule has 1 aromatic carbocycles. The lowest BCUT2D eigenvalue weighted by Crippen LogP contribution is -2.24. The lowest BCUT2D eigenvalue weighted by atomic mass is 10.2. The van der Waals surface area contributed by atoms with Gasteiger partial charge in [0.2, 0.25) is 5.91 Å². The summed E-state index contributed by atoms with van der Waals surface area (Å²) in [6.07, 6.45) is 0.373. The normalized spacial score (nSPS) is 19.8. The zero-order chi connectivity index (χ0) is 12.6. The minimum atomic E-state index is -0.556. The van der Waals surface area contributed by atoms with E-state index in [-0.39, 0.29) is 21.9 Å². The first kappa shape index (κ1) is 12.2. The van der Waals surface area contributed by atoms with Crippen molar-refractivity contribution in [3.63, 3.8) is 0 Å². The largest absolute Gasteiger partial charge is 0.311 e. The molecule has 2 rings (SSSR count). The van der Waals surface area contributed by atoms with Crippen molar-refractivity contribution in [2.45, 2.75) is 11.7 Å². The molecule has 0 bridgehead atoms. The van der Waals surface area contributed by atoms with E-state index < -0.39 is 4.92 Å². The minimum Gasteiger partial charge on any atom is -0.311 e. The van der Waals surface area contributed by atoms with E-state index in [1.165, 1.54) is 23.1 Å². The third-order valence-electron chi connectivity index (χ3n) is 2.54. The molecule has 1 aliphatic heterocycles. The number of benzene rings is 1. The summed E-state index contributed by atoms with van der Waals surface area (Å²) >= 11 is 10.0. The molecular formula is C10H9ClN2O3S. The van der Waals surface area contributed by atoms with Crippen LogP contribution in [0.1, 0.15) is 6.42 Å². The summed E-state index contributed by atoms with van der Waals surface area (Å²) in [4.78, 5) is 23.2. The molecule has 0 aromatic heterocycles. The second kappa shape index (κ2) is 4.54. The highest BCUT2D eigenvalue weighted by atomic mass is 35.5. The summed E-state index contributed by atoms with van der Waals surface area (Å²) in [5.74, 6) is -0.0464. The van der Waals surface area contributed by atoms with Gasteiger partial charge in [-0.2, -0.15) is 12.6 Å². The Morgan fingerprint density at radius 2 is 2.24 bits per heavy atom. The number of anilines is 1. The third kappa shape index (κ3) is 2.37. The first-order valence-electron chi connectivity index (χ1n) is 4.91. The number of nitrogens with zero attached hydrogens (tertiary/aromatic N) is 2. The molecule has 1 aliphatic rings. The quantitative estimate of drug-likeness (QED) is 0.510. The molecule has 1 aromatic rings. The molecule has 1 amide bonds. The second-order valence-corrected chi connectivity index (χ2v) is 4.89. The van der Waals surface area contributed by atoms with Gasteiger partial charge in [-0.1, -0.05) is 11.6 Å². The predicted octanol–water partition coefficient (Wildman–Crippen LogP) is 2.28. The van der Waals surface area contributed by atoms with Crippen molar-refractivity contribution in [2.75, 3.05) is 11.4 Å². The molecule has 5 nitrogen and oxygen atoms in total. The lowest BCUT2D eigenvalue weighted by Gasteiger charge is -2.16. The summed E-state index contributed by atoms with van der Waals surface area (Å²) in [5, 5.41) is 10.6. The van der Waals surface area contributed by atoms with E-state index >= 15 is 0 Å². The Kier molecular flexibility index (Phi) is 3.26. The van der Waals surface area contributed by atoms with Crippen LogP contribution in [0.3, 0.4) is 0 Å². The molecular weight excluding hydrogens is 264 g/mol. The van der Waals surface area contributed by atoms with E-state index in [2.05, 4.69) is 12.6 Å². The zero-order valence-corrected chi connectivity index (χ0v) is 10.3. The third-order valence-corrected chi connectivity index (χ3v) is 3.19. The molecule has 1 saturated heterocycles. The Balaban J connectivity index is 2.32. The number of nitro benzene ring substituents is 1. The number of halogens is 1. The molecule has 1 heterocycles. The second-order valence-electron chi connectivity index (χ2n) is 3.76. The first-order chi connectivity index (χ1) is 7.99. The Morgan fingerprint density at radius 3 is 2.71 bits per heavy atom. The smallest absolute Gasteiger partial charge is 0.288 e. The van der Waals surface area contributed by atoms with Gasteiger partial charge in [0, 0.05) is 30.0 Å². The molecule has 17 heavy (non-hydrogen) atoms. The highest BCUT2D eigenvalue weighted by Crippen LogP contribution is 2.31. The fourth-order valence-electron chi connectivity index (χ4n) is 1.75. The van der Waals surface area contributed by atoms with Gasteiger partial charge in [-0.3, -0.25) is 14.9 Å². The fourth-order valence-corrected chi connectivity index (χ4v) is 2.31. The monoisotopic (exact) mass is 272 g/mol. The van der Waals surface area contributed by atoms with E-state index in [0.29, 0.717) is 18.7 Å². The number of carbonyl (C=O) groups excluding carboxylic acids is 1. The summed E-state index contributed by atoms with van der Waals surface area (Å²) in [6.45, 7) is 0.496. The van der Waals surface area contributed by atoms with Crippen LogP contribution >= 0.6 is 24.2 Å². The molecule has 0 aliphatic carbocycles. The molecule has 1 atom stereocenters. The predicted molar refractivity (Wildman–Crippen MR) is 67.9 cm³/mol. The number of carbonyl (C=O) groups is 1. The van der Waals surface area contributed by atoms with E-state index in [1.54, 1.807) is 0 Å². The van der Waals surface area contributed by atoms with Gasteiger partial charge in [0.15, 0.2) is 0 Å². The maximum absolute atomic E-state index is 11.6. The molecule has 0 radical (unpaired) electrons. The van der Waals surface area contributed by atoms with Gasteiger partial charge in [-0.25, -0.2) is 0 Å². The number of rotatable bonds is 2. The molecule has 1 unspecified atom stereocenters. The number of amides is 1. The van der Waals surface area contributed by atoms with Crippen LogP contribution in [0.2, 0.25) is 5.02 Å². The van der Waals surface area contributed by atoms with Gasteiger partial charge in [0.25, 0.3) is 5.69 Å². The van der Waals surface area contributed by atoms with Crippen LogP contribution in [0.5, 0.6) is 0 Å². The van der Waals surface area contributed by atoms with E-state index in [4.69, 9.17) is 11.6 Å². The highest BCUT2D eigenvalue weighted by molar-refractivity contribution is 7.81. The van der Waals surface area contributed by atoms with Crippen LogP contribution in [0.4, 0.5) is 11.4 Å². The van der Waals surface area contributed by atoms with Crippen molar-refractivity contribution in [1.29, 1.82) is 0 Å². The Hall–Kier alpha value is -1.27. The van der Waals surface area contributed by atoms with E-state index in [1.807, 2.05) is 0 Å². The molecule has 0 saturated carbocycles. The van der Waals surface area contributed by atoms with Gasteiger partial charge in [0.05, 0.1) is 4.92 Å². The summed E-state index contributed by atoms with van der Waals surface area (Å²) in [5.41, 5.74) is 0.409. The van der Waals surface area contributed by atoms with Crippen molar-refractivity contribution < 1.29 is 9.72 Å². The van der Waals surface area contributed by atoms with Crippen LogP contribution in [0.15, 0.2) is 18.2 Å². The molecule has 0 spiro atoms. The van der Waals surface area contributed by atoms with E-state index in [0.717, 1.165) is 0 Å². The van der Waals surface area contributed by atoms with Gasteiger partial charge in [-0.15, -0.1) is 0 Å². The van der Waals surface area contributed by atoms with Crippen molar-refractivity contribution in [3.05, 3.63) is 33.3 Å². The lowest BCUT2D eigenvalue weighted by molar-refractivity contribution is -0.384. The fraction of sp³-hybridized carbons (Fsp3) is 0.300. The van der Waals surface area contributed by atoms with Crippen LogP contribution in [-0.2, 0) is 4.79 Å². The number of thiol groups is 1. The average Bonchev–Trinajstić information content (AvgIpc) is 2.57. The van der Waals surface area contributed by atoms with Crippen LogP contribution in [0, 0.1) is 10.1 Å².